The Bertz CT molecular complexity index is 582. The molecular weight excluding hydrogens is 246 g/mol. The smallest absolute Gasteiger partial charge is 0.0662 e. The van der Waals surface area contributed by atoms with Gasteiger partial charge in [-0.2, -0.15) is 5.10 Å². The van der Waals surface area contributed by atoms with Crippen LogP contribution >= 0.6 is 0 Å². The van der Waals surface area contributed by atoms with Gasteiger partial charge in [0.1, 0.15) is 0 Å². The van der Waals surface area contributed by atoms with E-state index in [2.05, 4.69) is 53.2 Å². The van der Waals surface area contributed by atoms with E-state index < -0.39 is 0 Å². The molecule has 3 heteroatoms. The lowest BCUT2D eigenvalue weighted by atomic mass is 10.1. The maximum atomic E-state index is 4.63. The van der Waals surface area contributed by atoms with Crippen LogP contribution in [-0.2, 0) is 13.1 Å². The summed E-state index contributed by atoms with van der Waals surface area (Å²) in [5, 5.41) is 8.05. The summed E-state index contributed by atoms with van der Waals surface area (Å²) >= 11 is 0. The van der Waals surface area contributed by atoms with Gasteiger partial charge in [0.2, 0.25) is 0 Å². The normalized spacial score (nSPS) is 14.7. The van der Waals surface area contributed by atoms with E-state index in [1.807, 2.05) is 6.20 Å². The van der Waals surface area contributed by atoms with E-state index in [-0.39, 0.29) is 0 Å². The summed E-state index contributed by atoms with van der Waals surface area (Å²) in [5.74, 6) is 0.732. The van der Waals surface area contributed by atoms with Crippen LogP contribution in [0.1, 0.15) is 48.1 Å². The highest BCUT2D eigenvalue weighted by Crippen LogP contribution is 2.41. The van der Waals surface area contributed by atoms with E-state index in [4.69, 9.17) is 0 Å². The Kier molecular flexibility index (Phi) is 3.88. The third-order valence-electron chi connectivity index (χ3n) is 3.90. The first-order chi connectivity index (χ1) is 9.78. The van der Waals surface area contributed by atoms with Gasteiger partial charge in [0.05, 0.1) is 12.7 Å². The first-order valence-corrected chi connectivity index (χ1v) is 7.58. The number of aromatic nitrogens is 2. The fraction of sp³-hybridized carbons (Fsp3) is 0.471. The minimum Gasteiger partial charge on any atom is -0.313 e. The van der Waals surface area contributed by atoms with Crippen molar-refractivity contribution >= 4 is 0 Å². The van der Waals surface area contributed by atoms with E-state index in [1.165, 1.54) is 35.2 Å². The second-order valence-electron chi connectivity index (χ2n) is 5.76. The Hall–Kier alpha value is -1.61. The van der Waals surface area contributed by atoms with Crippen LogP contribution in [-0.4, -0.2) is 16.3 Å². The van der Waals surface area contributed by atoms with E-state index in [1.54, 1.807) is 0 Å². The van der Waals surface area contributed by atoms with Crippen LogP contribution in [0.15, 0.2) is 30.5 Å². The summed E-state index contributed by atoms with van der Waals surface area (Å²) in [6.07, 6.45) is 4.68. The second-order valence-corrected chi connectivity index (χ2v) is 5.76. The quantitative estimate of drug-likeness (QED) is 0.872. The third kappa shape index (κ3) is 2.93. The van der Waals surface area contributed by atoms with Gasteiger partial charge in [-0.1, -0.05) is 36.8 Å². The fourth-order valence-electron chi connectivity index (χ4n) is 2.77. The Balaban J connectivity index is 1.83. The molecule has 0 aliphatic heterocycles. The van der Waals surface area contributed by atoms with Crippen molar-refractivity contribution in [3.63, 3.8) is 0 Å². The molecule has 1 aromatic carbocycles. The first kappa shape index (κ1) is 13.4. The van der Waals surface area contributed by atoms with Crippen molar-refractivity contribution in [3.8, 4) is 0 Å². The molecule has 3 rings (SSSR count). The molecule has 3 nitrogen and oxygen atoms in total. The molecule has 20 heavy (non-hydrogen) atoms. The molecule has 0 atom stereocenters. The second kappa shape index (κ2) is 5.80. The van der Waals surface area contributed by atoms with Crippen LogP contribution in [0.5, 0.6) is 0 Å². The molecule has 1 aliphatic carbocycles. The van der Waals surface area contributed by atoms with Crippen molar-refractivity contribution in [1.82, 2.24) is 15.1 Å². The van der Waals surface area contributed by atoms with Gasteiger partial charge >= 0.3 is 0 Å². The van der Waals surface area contributed by atoms with Gasteiger partial charge in [-0.15, -0.1) is 0 Å². The van der Waals surface area contributed by atoms with Crippen molar-refractivity contribution in [1.29, 1.82) is 0 Å². The third-order valence-corrected chi connectivity index (χ3v) is 3.90. The number of aryl methyl sites for hydroxylation is 1. The van der Waals surface area contributed by atoms with Gasteiger partial charge in [0, 0.05) is 23.7 Å². The molecule has 0 saturated heterocycles. The molecule has 1 saturated carbocycles. The van der Waals surface area contributed by atoms with Crippen LogP contribution < -0.4 is 5.32 Å². The highest BCUT2D eigenvalue weighted by atomic mass is 15.3. The SMILES string of the molecule is CCNCc1cnn(Cc2cccc(C)c2)c1C1CC1. The molecule has 2 aromatic rings. The van der Waals surface area contributed by atoms with Crippen molar-refractivity contribution in [2.24, 2.45) is 0 Å². The monoisotopic (exact) mass is 269 g/mol. The van der Waals surface area contributed by atoms with Gasteiger partial charge in [0.25, 0.3) is 0 Å². The lowest BCUT2D eigenvalue weighted by Gasteiger charge is -2.10. The van der Waals surface area contributed by atoms with Crippen molar-refractivity contribution < 1.29 is 0 Å². The van der Waals surface area contributed by atoms with Crippen molar-refractivity contribution in [3.05, 3.63) is 52.8 Å². The number of rotatable bonds is 6. The summed E-state index contributed by atoms with van der Waals surface area (Å²) in [6, 6.07) is 8.72. The van der Waals surface area contributed by atoms with E-state index in [0.717, 1.165) is 25.6 Å². The topological polar surface area (TPSA) is 29.9 Å². The van der Waals surface area contributed by atoms with Gasteiger partial charge in [-0.05, 0) is 31.9 Å². The Morgan fingerprint density at radius 1 is 1.35 bits per heavy atom. The predicted molar refractivity (Wildman–Crippen MR) is 81.9 cm³/mol. The van der Waals surface area contributed by atoms with Crippen LogP contribution in [0.3, 0.4) is 0 Å². The number of hydrogen-bond acceptors (Lipinski definition) is 2. The number of nitrogens with one attached hydrogen (secondary N) is 1. The average Bonchev–Trinajstić information content (AvgIpc) is 3.19. The maximum absolute atomic E-state index is 4.63. The van der Waals surface area contributed by atoms with Gasteiger partial charge in [-0.3, -0.25) is 4.68 Å². The van der Waals surface area contributed by atoms with Crippen molar-refractivity contribution in [2.45, 2.75) is 45.7 Å². The molecule has 0 bridgehead atoms. The van der Waals surface area contributed by atoms with E-state index >= 15 is 0 Å². The fourth-order valence-corrected chi connectivity index (χ4v) is 2.77. The summed E-state index contributed by atoms with van der Waals surface area (Å²) in [6.45, 7) is 7.13. The zero-order valence-electron chi connectivity index (χ0n) is 12.4. The van der Waals surface area contributed by atoms with Gasteiger partial charge < -0.3 is 5.32 Å². The zero-order chi connectivity index (χ0) is 13.9. The van der Waals surface area contributed by atoms with Crippen molar-refractivity contribution in [2.75, 3.05) is 6.54 Å². The number of hydrogen-bond donors (Lipinski definition) is 1. The summed E-state index contributed by atoms with van der Waals surface area (Å²) in [4.78, 5) is 0. The molecule has 0 radical (unpaired) electrons. The van der Waals surface area contributed by atoms with E-state index in [9.17, 15) is 0 Å². The molecule has 1 heterocycles. The number of nitrogens with zero attached hydrogens (tertiary/aromatic N) is 2. The van der Waals surface area contributed by atoms with Crippen LogP contribution in [0.2, 0.25) is 0 Å². The Morgan fingerprint density at radius 2 is 2.20 bits per heavy atom. The highest BCUT2D eigenvalue weighted by molar-refractivity contribution is 5.28. The van der Waals surface area contributed by atoms with Crippen LogP contribution in [0.25, 0.3) is 0 Å². The van der Waals surface area contributed by atoms with Crippen LogP contribution in [0.4, 0.5) is 0 Å². The molecule has 0 spiro atoms. The lowest BCUT2D eigenvalue weighted by Crippen LogP contribution is -2.14. The summed E-state index contributed by atoms with van der Waals surface area (Å²) < 4.78 is 2.21. The Morgan fingerprint density at radius 3 is 2.90 bits per heavy atom. The molecule has 0 unspecified atom stereocenters. The largest absolute Gasteiger partial charge is 0.313 e. The minimum atomic E-state index is 0.732. The molecule has 1 aliphatic rings. The van der Waals surface area contributed by atoms with Gasteiger partial charge in [-0.25, -0.2) is 0 Å². The Labute approximate surface area is 121 Å². The average molecular weight is 269 g/mol. The lowest BCUT2D eigenvalue weighted by molar-refractivity contribution is 0.638. The van der Waals surface area contributed by atoms with E-state index in [0.29, 0.717) is 0 Å². The molecule has 1 aromatic heterocycles. The standard InChI is InChI=1S/C17H23N3/c1-3-18-10-16-11-19-20(17(16)15-7-8-15)12-14-6-4-5-13(2)9-14/h4-6,9,11,15,18H,3,7-8,10,12H2,1-2H3. The molecular formula is C17H23N3. The summed E-state index contributed by atoms with van der Waals surface area (Å²) in [5.41, 5.74) is 5.48. The molecule has 1 fully saturated rings. The number of benzene rings is 1. The van der Waals surface area contributed by atoms with Gasteiger partial charge in [0.15, 0.2) is 0 Å². The molecule has 106 valence electrons. The molecule has 0 amide bonds. The van der Waals surface area contributed by atoms with Crippen LogP contribution in [0, 0.1) is 6.92 Å². The minimum absolute atomic E-state index is 0.732. The first-order valence-electron chi connectivity index (χ1n) is 7.58. The molecule has 1 N–H and O–H groups in total. The predicted octanol–water partition coefficient (Wildman–Crippen LogP) is 3.23. The highest BCUT2D eigenvalue weighted by Gasteiger charge is 2.29. The maximum Gasteiger partial charge on any atom is 0.0662 e. The zero-order valence-corrected chi connectivity index (χ0v) is 12.4. The summed E-state index contributed by atoms with van der Waals surface area (Å²) in [7, 11) is 0.